The first-order chi connectivity index (χ1) is 14.2. The van der Waals surface area contributed by atoms with Crippen LogP contribution in [0.3, 0.4) is 0 Å². The molecule has 3 aromatic rings. The van der Waals surface area contributed by atoms with Crippen molar-refractivity contribution in [1.82, 2.24) is 9.97 Å². The maximum atomic E-state index is 13.1. The highest BCUT2D eigenvalue weighted by Gasteiger charge is 2.28. The fourth-order valence-electron chi connectivity index (χ4n) is 3.98. The Morgan fingerprint density at radius 2 is 1.63 bits per heavy atom. The van der Waals surface area contributed by atoms with Crippen molar-refractivity contribution in [2.24, 2.45) is 11.8 Å². The number of hydrogen-bond acceptors (Lipinski definition) is 5. The molecule has 2 unspecified atom stereocenters. The van der Waals surface area contributed by atoms with Gasteiger partial charge in [-0.1, -0.05) is 49.2 Å². The Hall–Kier alpha value is -2.09. The molecule has 4 rings (SSSR count). The average molecular weight is 465 g/mol. The van der Waals surface area contributed by atoms with Crippen LogP contribution in [-0.2, 0) is 10.0 Å². The molecule has 2 atom stereocenters. The van der Waals surface area contributed by atoms with Crippen LogP contribution in [0.25, 0.3) is 11.0 Å². The Balaban J connectivity index is 1.81. The van der Waals surface area contributed by atoms with E-state index in [4.69, 9.17) is 28.2 Å². The fraction of sp³-hybridized carbons (Fsp3) is 0.333. The molecule has 0 amide bonds. The Bertz CT molecular complexity index is 1190. The minimum absolute atomic E-state index is 0.0856. The topological polar surface area (TPSA) is 75.2 Å². The first-order valence-electron chi connectivity index (χ1n) is 9.72. The average Bonchev–Trinajstić information content (AvgIpc) is 2.68. The summed E-state index contributed by atoms with van der Waals surface area (Å²) in [5, 5.41) is 0.366. The molecule has 0 aliphatic carbocycles. The lowest BCUT2D eigenvalue weighted by molar-refractivity contribution is 0.355. The molecule has 1 saturated heterocycles. The van der Waals surface area contributed by atoms with Crippen LogP contribution in [0.1, 0.15) is 20.3 Å². The molecule has 1 aliphatic rings. The van der Waals surface area contributed by atoms with Crippen molar-refractivity contribution < 1.29 is 8.42 Å². The predicted octanol–water partition coefficient (Wildman–Crippen LogP) is 5.22. The molecule has 2 heterocycles. The van der Waals surface area contributed by atoms with Gasteiger partial charge in [0, 0.05) is 18.1 Å². The lowest BCUT2D eigenvalue weighted by Crippen LogP contribution is -2.39. The molecule has 6 nitrogen and oxygen atoms in total. The van der Waals surface area contributed by atoms with E-state index in [2.05, 4.69) is 28.5 Å². The number of hydrogen-bond donors (Lipinski definition) is 1. The van der Waals surface area contributed by atoms with Gasteiger partial charge in [-0.05, 0) is 48.6 Å². The molecule has 158 valence electrons. The van der Waals surface area contributed by atoms with Crippen molar-refractivity contribution >= 4 is 55.9 Å². The number of anilines is 2. The van der Waals surface area contributed by atoms with Gasteiger partial charge in [0.2, 0.25) is 0 Å². The van der Waals surface area contributed by atoms with Crippen molar-refractivity contribution in [2.75, 3.05) is 22.7 Å². The van der Waals surface area contributed by atoms with Crippen LogP contribution < -0.4 is 9.62 Å². The second-order valence-corrected chi connectivity index (χ2v) is 10.4. The van der Waals surface area contributed by atoms with E-state index >= 15 is 0 Å². The van der Waals surface area contributed by atoms with Crippen molar-refractivity contribution in [3.63, 3.8) is 0 Å². The molecule has 30 heavy (non-hydrogen) atoms. The van der Waals surface area contributed by atoms with Crippen molar-refractivity contribution in [1.29, 1.82) is 0 Å². The summed E-state index contributed by atoms with van der Waals surface area (Å²) < 4.78 is 28.9. The number of benzene rings is 2. The zero-order chi connectivity index (χ0) is 21.5. The summed E-state index contributed by atoms with van der Waals surface area (Å²) in [6.45, 7) is 5.94. The number of sulfonamides is 1. The predicted molar refractivity (Wildman–Crippen MR) is 122 cm³/mol. The van der Waals surface area contributed by atoms with Gasteiger partial charge in [-0.2, -0.15) is 0 Å². The van der Waals surface area contributed by atoms with E-state index in [-0.39, 0.29) is 20.8 Å². The van der Waals surface area contributed by atoms with E-state index in [1.807, 2.05) is 18.2 Å². The minimum atomic E-state index is -4.02. The van der Waals surface area contributed by atoms with E-state index in [1.54, 1.807) is 12.1 Å². The molecule has 1 N–H and O–H groups in total. The van der Waals surface area contributed by atoms with Crippen LogP contribution in [0.4, 0.5) is 11.6 Å². The maximum absolute atomic E-state index is 13.1. The Morgan fingerprint density at radius 3 is 2.30 bits per heavy atom. The third kappa shape index (κ3) is 4.33. The number of aromatic nitrogens is 2. The van der Waals surface area contributed by atoms with E-state index < -0.39 is 10.0 Å². The zero-order valence-electron chi connectivity index (χ0n) is 16.6. The Kier molecular flexibility index (Phi) is 5.79. The second-order valence-electron chi connectivity index (χ2n) is 7.92. The maximum Gasteiger partial charge on any atom is 0.264 e. The summed E-state index contributed by atoms with van der Waals surface area (Å²) >= 11 is 12.1. The second kappa shape index (κ2) is 8.21. The normalized spacial score (nSPS) is 19.8. The van der Waals surface area contributed by atoms with Gasteiger partial charge in [0.25, 0.3) is 10.0 Å². The van der Waals surface area contributed by atoms with Crippen molar-refractivity contribution in [3.05, 3.63) is 52.5 Å². The van der Waals surface area contributed by atoms with Crippen molar-refractivity contribution in [3.8, 4) is 0 Å². The van der Waals surface area contributed by atoms with Gasteiger partial charge in [0.15, 0.2) is 11.6 Å². The third-order valence-corrected chi connectivity index (χ3v) is 7.19. The SMILES string of the molecule is CC1CC(C)CN(c2nc3ccccc3nc2NS(=O)(=O)c2cc(Cl)ccc2Cl)C1. The first-order valence-corrected chi connectivity index (χ1v) is 12.0. The quantitative estimate of drug-likeness (QED) is 0.572. The van der Waals surface area contributed by atoms with Gasteiger partial charge >= 0.3 is 0 Å². The summed E-state index contributed by atoms with van der Waals surface area (Å²) in [5.74, 6) is 1.64. The lowest BCUT2D eigenvalue weighted by atomic mass is 9.92. The van der Waals surface area contributed by atoms with Gasteiger partial charge in [0.1, 0.15) is 4.90 Å². The lowest BCUT2D eigenvalue weighted by Gasteiger charge is -2.36. The van der Waals surface area contributed by atoms with E-state index in [0.29, 0.717) is 28.7 Å². The van der Waals surface area contributed by atoms with Crippen LogP contribution >= 0.6 is 23.2 Å². The van der Waals surface area contributed by atoms with Gasteiger partial charge < -0.3 is 4.90 Å². The summed E-state index contributed by atoms with van der Waals surface area (Å²) in [6.07, 6.45) is 1.12. The molecule has 9 heteroatoms. The zero-order valence-corrected chi connectivity index (χ0v) is 19.0. The standard InChI is InChI=1S/C21H22Cl2N4O2S/c1-13-9-14(2)12-27(11-13)21-20(24-17-5-3-4-6-18(17)25-21)26-30(28,29)19-10-15(22)7-8-16(19)23/h3-8,10,13-14H,9,11-12H2,1-2H3,(H,24,26). The molecule has 0 bridgehead atoms. The highest BCUT2D eigenvalue weighted by atomic mass is 35.5. The highest BCUT2D eigenvalue weighted by molar-refractivity contribution is 7.92. The fourth-order valence-corrected chi connectivity index (χ4v) is 5.75. The Labute approximate surface area is 186 Å². The molecule has 2 aromatic carbocycles. The molecular formula is C21H22Cl2N4O2S. The van der Waals surface area contributed by atoms with Crippen LogP contribution in [0, 0.1) is 11.8 Å². The molecule has 1 aliphatic heterocycles. The first kappa shape index (κ1) is 21.2. The number of rotatable bonds is 4. The number of nitrogens with one attached hydrogen (secondary N) is 1. The summed E-state index contributed by atoms with van der Waals surface area (Å²) in [5.41, 5.74) is 1.32. The third-order valence-electron chi connectivity index (χ3n) is 5.13. The van der Waals surface area contributed by atoms with Gasteiger partial charge in [-0.15, -0.1) is 0 Å². The van der Waals surface area contributed by atoms with Crippen LogP contribution in [-0.4, -0.2) is 31.5 Å². The largest absolute Gasteiger partial charge is 0.353 e. The minimum Gasteiger partial charge on any atom is -0.353 e. The summed E-state index contributed by atoms with van der Waals surface area (Å²) in [4.78, 5) is 11.4. The van der Waals surface area contributed by atoms with Gasteiger partial charge in [-0.25, -0.2) is 18.4 Å². The smallest absolute Gasteiger partial charge is 0.264 e. The number of para-hydroxylation sites is 2. The molecule has 1 aromatic heterocycles. The number of piperidine rings is 1. The molecule has 1 fully saturated rings. The number of nitrogens with zero attached hydrogens (tertiary/aromatic N) is 3. The molecule has 0 spiro atoms. The van der Waals surface area contributed by atoms with Gasteiger partial charge in [0.05, 0.1) is 16.1 Å². The monoisotopic (exact) mass is 464 g/mol. The highest BCUT2D eigenvalue weighted by Crippen LogP contribution is 2.33. The summed E-state index contributed by atoms with van der Waals surface area (Å²) in [6, 6.07) is 11.7. The van der Waals surface area contributed by atoms with Crippen molar-refractivity contribution in [2.45, 2.75) is 25.2 Å². The summed E-state index contributed by atoms with van der Waals surface area (Å²) in [7, 11) is -4.02. The van der Waals surface area contributed by atoms with E-state index in [1.165, 1.54) is 12.1 Å². The van der Waals surface area contributed by atoms with Crippen LogP contribution in [0.2, 0.25) is 10.0 Å². The Morgan fingerprint density at radius 1 is 1.00 bits per heavy atom. The van der Waals surface area contributed by atoms with E-state index in [9.17, 15) is 8.42 Å². The van der Waals surface area contributed by atoms with E-state index in [0.717, 1.165) is 19.5 Å². The number of halogens is 2. The van der Waals surface area contributed by atoms with Gasteiger partial charge in [-0.3, -0.25) is 4.72 Å². The van der Waals surface area contributed by atoms with Crippen LogP contribution in [0.15, 0.2) is 47.4 Å². The number of fused-ring (bicyclic) bond motifs is 1. The molecule has 0 radical (unpaired) electrons. The molecule has 0 saturated carbocycles. The van der Waals surface area contributed by atoms with Crippen LogP contribution in [0.5, 0.6) is 0 Å². The molecular weight excluding hydrogens is 443 g/mol.